The summed E-state index contributed by atoms with van der Waals surface area (Å²) < 4.78 is 4.99. The van der Waals surface area contributed by atoms with Gasteiger partial charge in [-0.05, 0) is 6.42 Å². The van der Waals surface area contributed by atoms with E-state index in [0.717, 1.165) is 12.8 Å². The number of carboxylic acids is 1. The number of hydrogen-bond acceptors (Lipinski definition) is 6. The zero-order valence-electron chi connectivity index (χ0n) is 9.05. The lowest BCUT2D eigenvalue weighted by molar-refractivity contribution is -0.137. The molecular formula is C9H15N3O3S. The summed E-state index contributed by atoms with van der Waals surface area (Å²) in [6, 6.07) is -0.844. The number of rotatable bonds is 7. The maximum absolute atomic E-state index is 10.4. The lowest BCUT2D eigenvalue weighted by Gasteiger charge is -2.03. The minimum absolute atomic E-state index is 0.334. The quantitative estimate of drug-likeness (QED) is 0.727. The molecule has 0 amide bonds. The maximum Gasteiger partial charge on any atom is 0.321 e. The highest BCUT2D eigenvalue weighted by Gasteiger charge is 2.12. The van der Waals surface area contributed by atoms with Crippen LogP contribution in [0.25, 0.3) is 0 Å². The van der Waals surface area contributed by atoms with Crippen LogP contribution in [0.1, 0.15) is 25.1 Å². The van der Waals surface area contributed by atoms with Gasteiger partial charge in [-0.1, -0.05) is 12.1 Å². The van der Waals surface area contributed by atoms with Gasteiger partial charge < -0.3 is 15.4 Å². The van der Waals surface area contributed by atoms with E-state index in [-0.39, 0.29) is 0 Å². The van der Waals surface area contributed by atoms with E-state index >= 15 is 0 Å². The lowest BCUT2D eigenvalue weighted by atomic mass is 10.3. The van der Waals surface area contributed by atoms with Crippen LogP contribution in [-0.4, -0.2) is 33.0 Å². The molecule has 0 fully saturated rings. The molecule has 0 spiro atoms. The number of aliphatic carboxylic acids is 1. The van der Waals surface area contributed by atoms with Crippen molar-refractivity contribution in [3.63, 3.8) is 0 Å². The predicted molar refractivity (Wildman–Crippen MR) is 60.1 cm³/mol. The first-order valence-corrected chi connectivity index (χ1v) is 6.16. The van der Waals surface area contributed by atoms with Crippen molar-refractivity contribution in [1.29, 1.82) is 0 Å². The molecule has 1 heterocycles. The SMILES string of the molecule is CCCc1noc(CSC[C@@H](N)C(=O)O)n1. The van der Waals surface area contributed by atoms with Crippen molar-refractivity contribution in [2.24, 2.45) is 5.73 Å². The van der Waals surface area contributed by atoms with E-state index in [0.29, 0.717) is 23.2 Å². The largest absolute Gasteiger partial charge is 0.480 e. The van der Waals surface area contributed by atoms with Crippen molar-refractivity contribution in [1.82, 2.24) is 10.1 Å². The van der Waals surface area contributed by atoms with Crippen LogP contribution in [-0.2, 0) is 17.0 Å². The van der Waals surface area contributed by atoms with E-state index < -0.39 is 12.0 Å². The van der Waals surface area contributed by atoms with Crippen molar-refractivity contribution in [3.8, 4) is 0 Å². The Bertz CT molecular complexity index is 342. The fourth-order valence-corrected chi connectivity index (χ4v) is 1.82. The minimum atomic E-state index is -0.996. The summed E-state index contributed by atoms with van der Waals surface area (Å²) in [7, 11) is 0. The van der Waals surface area contributed by atoms with E-state index in [1.54, 1.807) is 0 Å². The number of aromatic nitrogens is 2. The Morgan fingerprint density at radius 2 is 2.44 bits per heavy atom. The van der Waals surface area contributed by atoms with Gasteiger partial charge in [0.05, 0.1) is 5.75 Å². The molecule has 1 aromatic heterocycles. The summed E-state index contributed by atoms with van der Waals surface area (Å²) in [5, 5.41) is 12.4. The zero-order chi connectivity index (χ0) is 12.0. The molecule has 0 saturated heterocycles. The van der Waals surface area contributed by atoms with Gasteiger partial charge in [-0.3, -0.25) is 4.79 Å². The molecule has 16 heavy (non-hydrogen) atoms. The molecule has 0 aromatic carbocycles. The van der Waals surface area contributed by atoms with E-state index in [1.165, 1.54) is 11.8 Å². The average Bonchev–Trinajstić information content (AvgIpc) is 2.66. The average molecular weight is 245 g/mol. The summed E-state index contributed by atoms with van der Waals surface area (Å²) >= 11 is 1.37. The van der Waals surface area contributed by atoms with E-state index in [1.807, 2.05) is 6.92 Å². The summed E-state index contributed by atoms with van der Waals surface area (Å²) in [5.41, 5.74) is 5.35. The predicted octanol–water partition coefficient (Wildman–Crippen LogP) is 0.667. The Morgan fingerprint density at radius 1 is 1.69 bits per heavy atom. The number of nitrogens with two attached hydrogens (primary N) is 1. The second kappa shape index (κ2) is 6.49. The number of aryl methyl sites for hydroxylation is 1. The Hall–Kier alpha value is -1.08. The normalized spacial score (nSPS) is 12.6. The van der Waals surface area contributed by atoms with Crippen LogP contribution in [0.2, 0.25) is 0 Å². The molecule has 1 atom stereocenters. The number of thioether (sulfide) groups is 1. The topological polar surface area (TPSA) is 102 Å². The van der Waals surface area contributed by atoms with Crippen LogP contribution in [0.15, 0.2) is 4.52 Å². The van der Waals surface area contributed by atoms with Crippen molar-refractivity contribution < 1.29 is 14.4 Å². The molecule has 3 N–H and O–H groups in total. The Morgan fingerprint density at radius 3 is 3.06 bits per heavy atom. The highest BCUT2D eigenvalue weighted by atomic mass is 32.2. The molecule has 1 rings (SSSR count). The van der Waals surface area contributed by atoms with Gasteiger partial charge in [-0.25, -0.2) is 0 Å². The molecule has 7 heteroatoms. The first kappa shape index (κ1) is 13.0. The molecule has 0 aliphatic carbocycles. The molecule has 0 aliphatic heterocycles. The summed E-state index contributed by atoms with van der Waals surface area (Å²) in [6.45, 7) is 2.04. The number of carbonyl (C=O) groups is 1. The van der Waals surface area contributed by atoms with Crippen molar-refractivity contribution in [2.75, 3.05) is 5.75 Å². The van der Waals surface area contributed by atoms with Gasteiger partial charge in [-0.15, -0.1) is 11.8 Å². The third-order valence-electron chi connectivity index (χ3n) is 1.82. The second-order valence-corrected chi connectivity index (χ2v) is 4.34. The first-order chi connectivity index (χ1) is 7.63. The molecule has 0 radical (unpaired) electrons. The van der Waals surface area contributed by atoms with Crippen LogP contribution in [0.4, 0.5) is 0 Å². The molecule has 0 aliphatic rings. The van der Waals surface area contributed by atoms with E-state index in [2.05, 4.69) is 10.1 Å². The zero-order valence-corrected chi connectivity index (χ0v) is 9.87. The van der Waals surface area contributed by atoms with Gasteiger partial charge >= 0.3 is 5.97 Å². The van der Waals surface area contributed by atoms with E-state index in [9.17, 15) is 4.79 Å². The first-order valence-electron chi connectivity index (χ1n) is 5.01. The van der Waals surface area contributed by atoms with Crippen molar-refractivity contribution in [2.45, 2.75) is 31.6 Å². The Balaban J connectivity index is 2.29. The summed E-state index contributed by atoms with van der Waals surface area (Å²) in [4.78, 5) is 14.6. The molecular weight excluding hydrogens is 230 g/mol. The molecule has 90 valence electrons. The minimum Gasteiger partial charge on any atom is -0.480 e. The number of carboxylic acid groups (broad SMARTS) is 1. The summed E-state index contributed by atoms with van der Waals surface area (Å²) in [5.74, 6) is 1.05. The fourth-order valence-electron chi connectivity index (χ4n) is 1.02. The van der Waals surface area contributed by atoms with Crippen LogP contribution in [0.5, 0.6) is 0 Å². The highest BCUT2D eigenvalue weighted by Crippen LogP contribution is 2.11. The summed E-state index contributed by atoms with van der Waals surface area (Å²) in [6.07, 6.45) is 1.76. The van der Waals surface area contributed by atoms with Crippen molar-refractivity contribution >= 4 is 17.7 Å². The maximum atomic E-state index is 10.4. The van der Waals surface area contributed by atoms with Gasteiger partial charge in [-0.2, -0.15) is 4.98 Å². The Labute approximate surface area is 97.6 Å². The van der Waals surface area contributed by atoms with Crippen LogP contribution in [0.3, 0.4) is 0 Å². The van der Waals surface area contributed by atoms with Crippen LogP contribution < -0.4 is 5.73 Å². The Kier molecular flexibility index (Phi) is 5.27. The number of nitrogens with zero attached hydrogens (tertiary/aromatic N) is 2. The number of hydrogen-bond donors (Lipinski definition) is 2. The molecule has 0 saturated carbocycles. The van der Waals surface area contributed by atoms with Crippen LogP contribution >= 0.6 is 11.8 Å². The molecule has 0 unspecified atom stereocenters. The van der Waals surface area contributed by atoms with Gasteiger partial charge in [0.2, 0.25) is 5.89 Å². The van der Waals surface area contributed by atoms with Gasteiger partial charge in [0.15, 0.2) is 5.82 Å². The van der Waals surface area contributed by atoms with Crippen LogP contribution in [0, 0.1) is 0 Å². The fraction of sp³-hybridized carbons (Fsp3) is 0.667. The monoisotopic (exact) mass is 245 g/mol. The molecule has 0 bridgehead atoms. The second-order valence-electron chi connectivity index (χ2n) is 3.31. The third-order valence-corrected chi connectivity index (χ3v) is 2.87. The lowest BCUT2D eigenvalue weighted by Crippen LogP contribution is -2.32. The standard InChI is InChI=1S/C9H15N3O3S/c1-2-3-7-11-8(15-12-7)5-16-4-6(10)9(13)14/h6H,2-5,10H2,1H3,(H,13,14)/t6-/m1/s1. The molecule has 6 nitrogen and oxygen atoms in total. The smallest absolute Gasteiger partial charge is 0.321 e. The van der Waals surface area contributed by atoms with Gasteiger partial charge in [0.1, 0.15) is 6.04 Å². The molecule has 1 aromatic rings. The highest BCUT2D eigenvalue weighted by molar-refractivity contribution is 7.98. The van der Waals surface area contributed by atoms with Crippen molar-refractivity contribution in [3.05, 3.63) is 11.7 Å². The van der Waals surface area contributed by atoms with Gasteiger partial charge in [0, 0.05) is 12.2 Å². The third kappa shape index (κ3) is 4.19. The van der Waals surface area contributed by atoms with Gasteiger partial charge in [0.25, 0.3) is 0 Å². The van der Waals surface area contributed by atoms with E-state index in [4.69, 9.17) is 15.4 Å².